The number of hydrogen-bond acceptors (Lipinski definition) is 6. The molecule has 0 saturated heterocycles. The molecule has 2 N–H and O–H groups in total. The maximum atomic E-state index is 15.0. The Balaban J connectivity index is 1.66. The van der Waals surface area contributed by atoms with Crippen LogP contribution in [0.15, 0.2) is 54.6 Å². The van der Waals surface area contributed by atoms with Crippen LogP contribution in [0.5, 0.6) is 11.5 Å². The van der Waals surface area contributed by atoms with E-state index in [1.165, 1.54) is 12.1 Å². The van der Waals surface area contributed by atoms with E-state index in [0.29, 0.717) is 47.7 Å². The minimum atomic E-state index is -0.689. The molecule has 1 aliphatic heterocycles. The molecule has 0 saturated carbocycles. The monoisotopic (exact) mass is 510 g/mol. The highest BCUT2D eigenvalue weighted by Gasteiger charge is 2.24. The summed E-state index contributed by atoms with van der Waals surface area (Å²) in [6.07, 6.45) is -0.639. The molecule has 0 atom stereocenters. The summed E-state index contributed by atoms with van der Waals surface area (Å²) in [7, 11) is 0. The van der Waals surface area contributed by atoms with Gasteiger partial charge in [0.15, 0.2) is 11.5 Å². The van der Waals surface area contributed by atoms with Gasteiger partial charge in [-0.15, -0.1) is 0 Å². The van der Waals surface area contributed by atoms with Gasteiger partial charge in [-0.25, -0.2) is 14.2 Å². The van der Waals surface area contributed by atoms with Gasteiger partial charge < -0.3 is 19.5 Å². The van der Waals surface area contributed by atoms with Gasteiger partial charge in [0.1, 0.15) is 47.6 Å². The fraction of sp³-hybridized carbons (Fsp3) is 0.231. The SMILES string of the molecule is CC(C)(C)OC(=O)Nc1cccc2nc(-c3c(F)cccc3Cl)c(Nc3ccc4c(c3)OCCO4)n12. The standard InChI is InChI=1S/C26H24ClFN4O4/c1-26(2,3)36-25(33)31-21-9-5-8-20-30-23(22-16(27)6-4-7-17(22)28)24(32(20)21)29-15-10-11-18-19(14-15)35-13-12-34-18/h4-11,14,29H,12-13H2,1-3H3,(H,31,33). The third-order valence-electron chi connectivity index (χ3n) is 5.28. The first-order chi connectivity index (χ1) is 17.2. The zero-order valence-corrected chi connectivity index (χ0v) is 20.6. The molecular weight excluding hydrogens is 487 g/mol. The molecule has 1 amide bonds. The number of benzene rings is 2. The minimum Gasteiger partial charge on any atom is -0.486 e. The van der Waals surface area contributed by atoms with Crippen LogP contribution in [-0.4, -0.2) is 34.3 Å². The molecule has 2 aromatic heterocycles. The third-order valence-corrected chi connectivity index (χ3v) is 5.59. The Morgan fingerprint density at radius 1 is 1.08 bits per heavy atom. The van der Waals surface area contributed by atoms with Crippen LogP contribution in [0.2, 0.25) is 5.02 Å². The molecule has 8 nitrogen and oxygen atoms in total. The summed E-state index contributed by atoms with van der Waals surface area (Å²) in [6.45, 7) is 6.24. The molecule has 5 rings (SSSR count). The zero-order chi connectivity index (χ0) is 25.4. The van der Waals surface area contributed by atoms with Crippen molar-refractivity contribution in [1.82, 2.24) is 9.38 Å². The van der Waals surface area contributed by atoms with Crippen molar-refractivity contribution in [2.24, 2.45) is 0 Å². The summed E-state index contributed by atoms with van der Waals surface area (Å²) >= 11 is 6.41. The molecule has 4 aromatic rings. The van der Waals surface area contributed by atoms with Crippen molar-refractivity contribution in [2.45, 2.75) is 26.4 Å². The molecular formula is C26H24ClFN4O4. The topological polar surface area (TPSA) is 86.1 Å². The summed E-state index contributed by atoms with van der Waals surface area (Å²) in [5, 5.41) is 6.27. The van der Waals surface area contributed by atoms with Crippen LogP contribution in [0.4, 0.5) is 26.5 Å². The largest absolute Gasteiger partial charge is 0.486 e. The summed E-state index contributed by atoms with van der Waals surface area (Å²) in [5.74, 6) is 1.44. The molecule has 0 aliphatic carbocycles. The Kier molecular flexibility index (Phi) is 6.09. The van der Waals surface area contributed by atoms with Crippen LogP contribution < -0.4 is 20.1 Å². The van der Waals surface area contributed by atoms with Gasteiger partial charge in [0, 0.05) is 11.8 Å². The molecule has 186 valence electrons. The first-order valence-electron chi connectivity index (χ1n) is 11.3. The van der Waals surface area contributed by atoms with E-state index < -0.39 is 17.5 Å². The summed E-state index contributed by atoms with van der Waals surface area (Å²) in [5.41, 5.74) is 0.808. The van der Waals surface area contributed by atoms with Crippen LogP contribution in [-0.2, 0) is 4.74 Å². The number of ether oxygens (including phenoxy) is 3. The van der Waals surface area contributed by atoms with Crippen molar-refractivity contribution < 1.29 is 23.4 Å². The van der Waals surface area contributed by atoms with Crippen LogP contribution in [0.3, 0.4) is 0 Å². The Morgan fingerprint density at radius 2 is 1.83 bits per heavy atom. The Hall–Kier alpha value is -3.98. The number of halogens is 2. The van der Waals surface area contributed by atoms with E-state index in [9.17, 15) is 4.79 Å². The lowest BCUT2D eigenvalue weighted by Crippen LogP contribution is -2.27. The molecule has 0 unspecified atom stereocenters. The van der Waals surface area contributed by atoms with E-state index in [0.717, 1.165) is 0 Å². The molecule has 1 aliphatic rings. The van der Waals surface area contributed by atoms with Gasteiger partial charge in [-0.2, -0.15) is 0 Å². The Bertz CT molecular complexity index is 1440. The van der Waals surface area contributed by atoms with E-state index in [4.69, 9.17) is 25.8 Å². The zero-order valence-electron chi connectivity index (χ0n) is 19.9. The van der Waals surface area contributed by atoms with Crippen molar-refractivity contribution in [3.05, 3.63) is 65.4 Å². The third kappa shape index (κ3) is 4.74. The van der Waals surface area contributed by atoms with Crippen molar-refractivity contribution in [1.29, 1.82) is 0 Å². The van der Waals surface area contributed by atoms with E-state index in [1.54, 1.807) is 61.6 Å². The maximum Gasteiger partial charge on any atom is 0.413 e. The normalized spacial score (nSPS) is 12.9. The Labute approximate surface area is 212 Å². The van der Waals surface area contributed by atoms with E-state index in [2.05, 4.69) is 15.6 Å². The van der Waals surface area contributed by atoms with E-state index in [-0.39, 0.29) is 16.3 Å². The first kappa shape index (κ1) is 23.7. The minimum absolute atomic E-state index is 0.131. The summed E-state index contributed by atoms with van der Waals surface area (Å²) < 4.78 is 33.4. The molecule has 0 radical (unpaired) electrons. The predicted octanol–water partition coefficient (Wildman–Crippen LogP) is 6.66. The van der Waals surface area contributed by atoms with Gasteiger partial charge in [0.25, 0.3) is 0 Å². The molecule has 2 aromatic carbocycles. The highest BCUT2D eigenvalue weighted by atomic mass is 35.5. The number of rotatable bonds is 4. The highest BCUT2D eigenvalue weighted by Crippen LogP contribution is 2.40. The number of nitrogens with one attached hydrogen (secondary N) is 2. The van der Waals surface area contributed by atoms with Gasteiger partial charge in [-0.1, -0.05) is 23.7 Å². The van der Waals surface area contributed by atoms with Crippen molar-refractivity contribution in [3.63, 3.8) is 0 Å². The fourth-order valence-corrected chi connectivity index (χ4v) is 4.12. The van der Waals surface area contributed by atoms with E-state index >= 15 is 4.39 Å². The van der Waals surface area contributed by atoms with Crippen molar-refractivity contribution in [3.8, 4) is 22.8 Å². The predicted molar refractivity (Wildman–Crippen MR) is 136 cm³/mol. The number of amides is 1. The lowest BCUT2D eigenvalue weighted by molar-refractivity contribution is 0.0635. The Morgan fingerprint density at radius 3 is 2.58 bits per heavy atom. The second-order valence-electron chi connectivity index (χ2n) is 9.12. The van der Waals surface area contributed by atoms with Gasteiger partial charge in [0.2, 0.25) is 0 Å². The number of imidazole rings is 1. The lowest BCUT2D eigenvalue weighted by atomic mass is 10.1. The summed E-state index contributed by atoms with van der Waals surface area (Å²) in [6, 6.07) is 15.0. The van der Waals surface area contributed by atoms with Crippen LogP contribution in [0.25, 0.3) is 16.9 Å². The molecule has 0 fully saturated rings. The number of carbonyl (C=O) groups excluding carboxylic acids is 1. The number of anilines is 3. The first-order valence-corrected chi connectivity index (χ1v) is 11.7. The van der Waals surface area contributed by atoms with Crippen molar-refractivity contribution >= 4 is 40.7 Å². The smallest absolute Gasteiger partial charge is 0.413 e. The molecule has 10 heteroatoms. The quantitative estimate of drug-likeness (QED) is 0.319. The average Bonchev–Trinajstić information content (AvgIpc) is 3.16. The summed E-state index contributed by atoms with van der Waals surface area (Å²) in [4.78, 5) is 17.2. The maximum absolute atomic E-state index is 15.0. The van der Waals surface area contributed by atoms with Gasteiger partial charge >= 0.3 is 6.09 Å². The van der Waals surface area contributed by atoms with Crippen LogP contribution in [0, 0.1) is 5.82 Å². The molecule has 0 spiro atoms. The number of hydrogen-bond donors (Lipinski definition) is 2. The van der Waals surface area contributed by atoms with Crippen LogP contribution in [0.1, 0.15) is 20.8 Å². The molecule has 0 bridgehead atoms. The number of fused-ring (bicyclic) bond motifs is 2. The van der Waals surface area contributed by atoms with Gasteiger partial charge in [-0.3, -0.25) is 9.72 Å². The lowest BCUT2D eigenvalue weighted by Gasteiger charge is -2.21. The van der Waals surface area contributed by atoms with E-state index in [1.807, 2.05) is 6.07 Å². The number of nitrogens with zero attached hydrogens (tertiary/aromatic N) is 2. The second-order valence-corrected chi connectivity index (χ2v) is 9.53. The second kappa shape index (κ2) is 9.23. The average molecular weight is 511 g/mol. The molecule has 36 heavy (non-hydrogen) atoms. The molecule has 3 heterocycles. The van der Waals surface area contributed by atoms with Gasteiger partial charge in [-0.05, 0) is 57.2 Å². The number of aromatic nitrogens is 2. The highest BCUT2D eigenvalue weighted by molar-refractivity contribution is 6.33. The number of carbonyl (C=O) groups is 1. The van der Waals surface area contributed by atoms with Crippen molar-refractivity contribution in [2.75, 3.05) is 23.8 Å². The van der Waals surface area contributed by atoms with Crippen LogP contribution >= 0.6 is 11.6 Å². The number of pyridine rings is 1. The fourth-order valence-electron chi connectivity index (χ4n) is 3.87. The van der Waals surface area contributed by atoms with Gasteiger partial charge in [0.05, 0.1) is 10.6 Å².